The van der Waals surface area contributed by atoms with Crippen molar-refractivity contribution in [2.24, 2.45) is 10.7 Å². The minimum atomic E-state index is 0.407. The van der Waals surface area contributed by atoms with Crippen molar-refractivity contribution in [2.75, 3.05) is 13.7 Å². The first-order chi connectivity index (χ1) is 11.7. The van der Waals surface area contributed by atoms with E-state index in [-0.39, 0.29) is 0 Å². The van der Waals surface area contributed by atoms with E-state index in [0.717, 1.165) is 30.1 Å². The molecule has 0 unspecified atom stereocenters. The third kappa shape index (κ3) is 5.57. The molecule has 0 radical (unpaired) electrons. The van der Waals surface area contributed by atoms with E-state index in [0.29, 0.717) is 12.5 Å². The fraction of sp³-hybridized carbons (Fsp3) is 0.471. The number of nitrogens with zero attached hydrogens (tertiary/aromatic N) is 4. The van der Waals surface area contributed by atoms with Crippen LogP contribution in [0.1, 0.15) is 38.3 Å². The van der Waals surface area contributed by atoms with Crippen LogP contribution in [0.2, 0.25) is 0 Å². The molecule has 2 aromatic rings. The van der Waals surface area contributed by atoms with Gasteiger partial charge in [-0.1, -0.05) is 31.4 Å². The van der Waals surface area contributed by atoms with E-state index >= 15 is 0 Å². The first-order valence-corrected chi connectivity index (χ1v) is 8.32. The van der Waals surface area contributed by atoms with Crippen LogP contribution < -0.4 is 15.8 Å². The maximum absolute atomic E-state index is 5.86. The molecule has 0 spiro atoms. The van der Waals surface area contributed by atoms with E-state index in [1.165, 1.54) is 19.3 Å². The number of methoxy groups -OCH3 is 1. The van der Waals surface area contributed by atoms with Crippen molar-refractivity contribution in [3.63, 3.8) is 0 Å². The zero-order valence-corrected chi connectivity index (χ0v) is 14.4. The maximum atomic E-state index is 5.86. The van der Waals surface area contributed by atoms with Gasteiger partial charge in [0.25, 0.3) is 0 Å². The standard InChI is InChI=1S/C17H26N6O/c1-3-4-5-6-11-19-17(18)20-12-14-13-23(22-21-14)15-7-9-16(24-2)10-8-15/h7-10,13H,3-6,11-12H2,1-2H3,(H3,18,19,20). The van der Waals surface area contributed by atoms with Gasteiger partial charge in [-0.05, 0) is 30.7 Å². The maximum Gasteiger partial charge on any atom is 0.188 e. The van der Waals surface area contributed by atoms with Gasteiger partial charge in [0.2, 0.25) is 0 Å². The molecular formula is C17H26N6O. The van der Waals surface area contributed by atoms with Crippen molar-refractivity contribution in [2.45, 2.75) is 39.2 Å². The number of nitrogens with two attached hydrogens (primary N) is 1. The fourth-order valence-electron chi connectivity index (χ4n) is 2.22. The molecule has 0 atom stereocenters. The summed E-state index contributed by atoms with van der Waals surface area (Å²) in [4.78, 5) is 4.29. The minimum absolute atomic E-state index is 0.407. The summed E-state index contributed by atoms with van der Waals surface area (Å²) < 4.78 is 6.85. The van der Waals surface area contributed by atoms with E-state index in [9.17, 15) is 0 Å². The Labute approximate surface area is 142 Å². The summed E-state index contributed by atoms with van der Waals surface area (Å²) in [6, 6.07) is 7.62. The molecule has 0 saturated heterocycles. The second kappa shape index (κ2) is 9.54. The highest BCUT2D eigenvalue weighted by Gasteiger charge is 2.03. The first-order valence-electron chi connectivity index (χ1n) is 8.32. The van der Waals surface area contributed by atoms with Crippen LogP contribution in [0.5, 0.6) is 5.75 Å². The van der Waals surface area contributed by atoms with Gasteiger partial charge in [0.15, 0.2) is 5.96 Å². The van der Waals surface area contributed by atoms with Crippen LogP contribution in [-0.2, 0) is 6.54 Å². The van der Waals surface area contributed by atoms with Gasteiger partial charge < -0.3 is 15.8 Å². The third-order valence-corrected chi connectivity index (χ3v) is 3.63. The molecule has 130 valence electrons. The number of benzene rings is 1. The Bertz CT molecular complexity index is 635. The molecule has 0 aliphatic rings. The lowest BCUT2D eigenvalue weighted by Gasteiger charge is -2.04. The van der Waals surface area contributed by atoms with Crippen LogP contribution in [-0.4, -0.2) is 34.6 Å². The van der Waals surface area contributed by atoms with Gasteiger partial charge in [-0.2, -0.15) is 0 Å². The number of guanidine groups is 1. The number of rotatable bonds is 9. The number of hydrogen-bond donors (Lipinski definition) is 2. The molecule has 0 amide bonds. The van der Waals surface area contributed by atoms with Crippen molar-refractivity contribution in [3.8, 4) is 11.4 Å². The van der Waals surface area contributed by atoms with Crippen LogP contribution in [0.4, 0.5) is 0 Å². The van der Waals surface area contributed by atoms with Gasteiger partial charge in [0.05, 0.1) is 25.5 Å². The largest absolute Gasteiger partial charge is 0.497 e. The molecule has 1 aromatic heterocycles. The van der Waals surface area contributed by atoms with Crippen molar-refractivity contribution in [3.05, 3.63) is 36.2 Å². The number of nitrogens with one attached hydrogen (secondary N) is 1. The highest BCUT2D eigenvalue weighted by Crippen LogP contribution is 2.14. The zero-order chi connectivity index (χ0) is 17.2. The normalized spacial score (nSPS) is 11.5. The second-order valence-electron chi connectivity index (χ2n) is 5.54. The fourth-order valence-corrected chi connectivity index (χ4v) is 2.22. The quantitative estimate of drug-likeness (QED) is 0.418. The van der Waals surface area contributed by atoms with Gasteiger partial charge in [0, 0.05) is 6.54 Å². The average Bonchev–Trinajstić information content (AvgIpc) is 3.09. The van der Waals surface area contributed by atoms with Crippen molar-refractivity contribution in [1.29, 1.82) is 0 Å². The molecule has 1 heterocycles. The van der Waals surface area contributed by atoms with E-state index in [1.54, 1.807) is 11.8 Å². The topological polar surface area (TPSA) is 90.3 Å². The lowest BCUT2D eigenvalue weighted by molar-refractivity contribution is 0.414. The smallest absolute Gasteiger partial charge is 0.188 e. The Hall–Kier alpha value is -2.57. The van der Waals surface area contributed by atoms with Gasteiger partial charge in [-0.3, -0.25) is 0 Å². The van der Waals surface area contributed by atoms with E-state index < -0.39 is 0 Å². The molecule has 7 heteroatoms. The van der Waals surface area contributed by atoms with Crippen LogP contribution in [0.25, 0.3) is 5.69 Å². The summed E-state index contributed by atoms with van der Waals surface area (Å²) in [6.45, 7) is 3.46. The zero-order valence-electron chi connectivity index (χ0n) is 14.4. The number of ether oxygens (including phenoxy) is 1. The Balaban J connectivity index is 1.83. The molecule has 0 aliphatic carbocycles. The van der Waals surface area contributed by atoms with Crippen LogP contribution in [0, 0.1) is 0 Å². The predicted octanol–water partition coefficient (Wildman–Crippen LogP) is 2.26. The van der Waals surface area contributed by atoms with E-state index in [2.05, 4.69) is 27.5 Å². The van der Waals surface area contributed by atoms with Gasteiger partial charge in [-0.25, -0.2) is 9.67 Å². The molecule has 1 aromatic carbocycles. The van der Waals surface area contributed by atoms with Crippen molar-refractivity contribution >= 4 is 5.96 Å². The van der Waals surface area contributed by atoms with Crippen LogP contribution in [0.3, 0.4) is 0 Å². The summed E-state index contributed by atoms with van der Waals surface area (Å²) in [6.07, 6.45) is 6.66. The number of aromatic nitrogens is 3. The van der Waals surface area contributed by atoms with Crippen LogP contribution >= 0.6 is 0 Å². The van der Waals surface area contributed by atoms with Crippen molar-refractivity contribution in [1.82, 2.24) is 20.3 Å². The molecule has 2 rings (SSSR count). The monoisotopic (exact) mass is 330 g/mol. The number of hydrogen-bond acceptors (Lipinski definition) is 4. The third-order valence-electron chi connectivity index (χ3n) is 3.63. The summed E-state index contributed by atoms with van der Waals surface area (Å²) in [5.74, 6) is 1.26. The summed E-state index contributed by atoms with van der Waals surface area (Å²) >= 11 is 0. The second-order valence-corrected chi connectivity index (χ2v) is 5.54. The SMILES string of the molecule is CCCCCCNC(N)=NCc1cn(-c2ccc(OC)cc2)nn1. The van der Waals surface area contributed by atoms with E-state index in [1.807, 2.05) is 30.5 Å². The Morgan fingerprint density at radius 3 is 2.75 bits per heavy atom. The highest BCUT2D eigenvalue weighted by atomic mass is 16.5. The van der Waals surface area contributed by atoms with Gasteiger partial charge in [-0.15, -0.1) is 5.10 Å². The molecule has 0 aliphatic heterocycles. The lowest BCUT2D eigenvalue weighted by Crippen LogP contribution is -2.32. The Morgan fingerprint density at radius 2 is 2.04 bits per heavy atom. The predicted molar refractivity (Wildman–Crippen MR) is 95.4 cm³/mol. The molecule has 7 nitrogen and oxygen atoms in total. The first kappa shape index (κ1) is 17.8. The minimum Gasteiger partial charge on any atom is -0.497 e. The van der Waals surface area contributed by atoms with Crippen molar-refractivity contribution < 1.29 is 4.74 Å². The molecular weight excluding hydrogens is 304 g/mol. The molecule has 0 saturated carbocycles. The average molecular weight is 330 g/mol. The Kier molecular flexibility index (Phi) is 7.07. The lowest BCUT2D eigenvalue weighted by atomic mass is 10.2. The summed E-state index contributed by atoms with van der Waals surface area (Å²) in [5, 5.41) is 11.4. The molecule has 24 heavy (non-hydrogen) atoms. The summed E-state index contributed by atoms with van der Waals surface area (Å²) in [7, 11) is 1.64. The van der Waals surface area contributed by atoms with Gasteiger partial charge >= 0.3 is 0 Å². The molecule has 0 fully saturated rings. The number of unbranched alkanes of at least 4 members (excludes halogenated alkanes) is 3. The van der Waals surface area contributed by atoms with Crippen LogP contribution in [0.15, 0.2) is 35.5 Å². The van der Waals surface area contributed by atoms with Gasteiger partial charge in [0.1, 0.15) is 11.4 Å². The van der Waals surface area contributed by atoms with E-state index in [4.69, 9.17) is 10.5 Å². The molecule has 3 N–H and O–H groups in total. The highest BCUT2D eigenvalue weighted by molar-refractivity contribution is 5.77. The summed E-state index contributed by atoms with van der Waals surface area (Å²) in [5.41, 5.74) is 7.54. The number of aliphatic imine (C=N–C) groups is 1. The Morgan fingerprint density at radius 1 is 1.25 bits per heavy atom. The molecule has 0 bridgehead atoms.